The molecule has 0 amide bonds. The van der Waals surface area contributed by atoms with Crippen LogP contribution in [0.25, 0.3) is 22.1 Å². The Hall–Kier alpha value is -3.33. The Morgan fingerprint density at radius 3 is 2.39 bits per heavy atom. The summed E-state index contributed by atoms with van der Waals surface area (Å²) in [6.07, 6.45) is -1.47. The van der Waals surface area contributed by atoms with E-state index in [1.165, 1.54) is 25.0 Å². The first-order valence-electron chi connectivity index (χ1n) is 13.6. The van der Waals surface area contributed by atoms with Crippen molar-refractivity contribution in [3.05, 3.63) is 98.4 Å². The summed E-state index contributed by atoms with van der Waals surface area (Å²) in [4.78, 5) is 15.8. The van der Waals surface area contributed by atoms with Crippen molar-refractivity contribution in [3.63, 3.8) is 0 Å². The van der Waals surface area contributed by atoms with Crippen molar-refractivity contribution >= 4 is 22.6 Å². The van der Waals surface area contributed by atoms with Gasteiger partial charge >= 0.3 is 11.8 Å². The van der Waals surface area contributed by atoms with Gasteiger partial charge in [-0.2, -0.15) is 13.2 Å². The number of fused-ring (bicyclic) bond motifs is 1. The van der Waals surface area contributed by atoms with E-state index in [0.717, 1.165) is 36.8 Å². The lowest BCUT2D eigenvalue weighted by molar-refractivity contribution is -0.137. The van der Waals surface area contributed by atoms with Gasteiger partial charge in [-0.1, -0.05) is 41.9 Å². The third-order valence-corrected chi connectivity index (χ3v) is 7.65. The summed E-state index contributed by atoms with van der Waals surface area (Å²) in [6, 6.07) is 16.3. The molecular weight excluding hydrogens is 555 g/mol. The second-order valence-electron chi connectivity index (χ2n) is 10.2. The number of nitrogens with zero attached hydrogens (tertiary/aromatic N) is 1. The van der Waals surface area contributed by atoms with E-state index >= 15 is 0 Å². The van der Waals surface area contributed by atoms with Crippen LogP contribution in [-0.2, 0) is 23.8 Å². The molecule has 1 aromatic heterocycles. The minimum Gasteiger partial charge on any atom is -0.492 e. The van der Waals surface area contributed by atoms with Crippen LogP contribution in [0.5, 0.6) is 5.75 Å². The molecule has 5 rings (SSSR count). The normalized spacial score (nSPS) is 14.2. The number of ether oxygens (including phenoxy) is 2. The van der Waals surface area contributed by atoms with Gasteiger partial charge < -0.3 is 13.9 Å². The van der Waals surface area contributed by atoms with Crippen molar-refractivity contribution < 1.29 is 27.1 Å². The molecule has 0 radical (unpaired) electrons. The van der Waals surface area contributed by atoms with E-state index in [-0.39, 0.29) is 22.6 Å². The van der Waals surface area contributed by atoms with Crippen molar-refractivity contribution in [2.75, 3.05) is 40.0 Å². The Labute approximate surface area is 241 Å². The maximum Gasteiger partial charge on any atom is 0.417 e. The molecule has 1 fully saturated rings. The largest absolute Gasteiger partial charge is 0.492 e. The zero-order valence-electron chi connectivity index (χ0n) is 22.7. The second kappa shape index (κ2) is 12.7. The lowest BCUT2D eigenvalue weighted by Crippen LogP contribution is -2.25. The SMILES string of the molecule is COCCc1ccc2c(Cc3ccc(OCCN4CCCC4)cc3)c(-c3ccc(Cl)cc3C(F)(F)F)c(=O)oc2c1. The number of alkyl halides is 3. The number of halogens is 4. The maximum absolute atomic E-state index is 14.1. The Morgan fingerprint density at radius 1 is 0.951 bits per heavy atom. The van der Waals surface area contributed by atoms with Gasteiger partial charge in [0.15, 0.2) is 0 Å². The van der Waals surface area contributed by atoms with Gasteiger partial charge in [-0.25, -0.2) is 4.79 Å². The topological polar surface area (TPSA) is 51.9 Å². The van der Waals surface area contributed by atoms with Crippen LogP contribution in [-0.4, -0.2) is 44.9 Å². The van der Waals surface area contributed by atoms with Crippen LogP contribution >= 0.6 is 11.6 Å². The summed E-state index contributed by atoms with van der Waals surface area (Å²) in [5, 5.41) is 0.491. The first-order chi connectivity index (χ1) is 19.7. The van der Waals surface area contributed by atoms with Gasteiger partial charge in [0.2, 0.25) is 0 Å². The van der Waals surface area contributed by atoms with E-state index in [2.05, 4.69) is 4.90 Å². The molecule has 4 aromatic rings. The molecule has 1 aliphatic rings. The zero-order valence-corrected chi connectivity index (χ0v) is 23.5. The average Bonchev–Trinajstić information content (AvgIpc) is 3.46. The molecule has 1 saturated heterocycles. The maximum atomic E-state index is 14.1. The summed E-state index contributed by atoms with van der Waals surface area (Å²) in [7, 11) is 1.60. The molecule has 0 saturated carbocycles. The summed E-state index contributed by atoms with van der Waals surface area (Å²) in [5.41, 5.74) is 0.240. The molecule has 3 aromatic carbocycles. The fourth-order valence-electron chi connectivity index (χ4n) is 5.32. The molecule has 0 unspecified atom stereocenters. The molecule has 0 aliphatic carbocycles. The Balaban J connectivity index is 1.53. The molecule has 0 spiro atoms. The van der Waals surface area contributed by atoms with E-state index in [9.17, 15) is 18.0 Å². The zero-order chi connectivity index (χ0) is 29.0. The summed E-state index contributed by atoms with van der Waals surface area (Å²) in [6.45, 7) is 4.12. The smallest absolute Gasteiger partial charge is 0.417 e. The van der Waals surface area contributed by atoms with Crippen LogP contribution in [0.1, 0.15) is 35.1 Å². The third-order valence-electron chi connectivity index (χ3n) is 7.41. The Morgan fingerprint density at radius 2 is 1.68 bits per heavy atom. The average molecular weight is 586 g/mol. The highest BCUT2D eigenvalue weighted by Crippen LogP contribution is 2.40. The standard InChI is InChI=1S/C32H31ClF3NO4/c1-39-16-12-22-6-10-25-27(18-21-4-8-24(9-5-21)40-17-15-37-13-2-3-14-37)30(31(38)41-29(25)19-22)26-11-7-23(33)20-28(26)32(34,35)36/h4-11,19-20H,2-3,12-18H2,1H3. The summed E-state index contributed by atoms with van der Waals surface area (Å²) in [5.74, 6) is 0.713. The molecule has 216 valence electrons. The highest BCUT2D eigenvalue weighted by atomic mass is 35.5. The fraction of sp³-hybridized carbons (Fsp3) is 0.344. The molecule has 0 N–H and O–H groups in total. The number of benzene rings is 3. The van der Waals surface area contributed by atoms with Gasteiger partial charge in [0.1, 0.15) is 17.9 Å². The van der Waals surface area contributed by atoms with Crippen molar-refractivity contribution in [3.8, 4) is 16.9 Å². The van der Waals surface area contributed by atoms with E-state index in [0.29, 0.717) is 41.9 Å². The predicted octanol–water partition coefficient (Wildman–Crippen LogP) is 7.39. The van der Waals surface area contributed by atoms with Gasteiger partial charge in [0.05, 0.1) is 17.7 Å². The van der Waals surface area contributed by atoms with Gasteiger partial charge in [-0.05, 0) is 85.8 Å². The molecule has 9 heteroatoms. The van der Waals surface area contributed by atoms with Gasteiger partial charge in [-0.3, -0.25) is 4.90 Å². The first-order valence-corrected chi connectivity index (χ1v) is 14.0. The van der Waals surface area contributed by atoms with E-state index in [4.69, 9.17) is 25.5 Å². The molecular formula is C32H31ClF3NO4. The molecule has 41 heavy (non-hydrogen) atoms. The molecule has 0 atom stereocenters. The van der Waals surface area contributed by atoms with Crippen LogP contribution in [0, 0.1) is 0 Å². The van der Waals surface area contributed by atoms with Crippen molar-refractivity contribution in [2.24, 2.45) is 0 Å². The van der Waals surface area contributed by atoms with E-state index in [1.807, 2.05) is 30.3 Å². The summed E-state index contributed by atoms with van der Waals surface area (Å²) >= 11 is 5.94. The molecule has 0 bridgehead atoms. The fourth-order valence-corrected chi connectivity index (χ4v) is 5.49. The number of hydrogen-bond acceptors (Lipinski definition) is 5. The second-order valence-corrected chi connectivity index (χ2v) is 10.7. The number of hydrogen-bond donors (Lipinski definition) is 0. The lowest BCUT2D eigenvalue weighted by atomic mass is 9.90. The van der Waals surface area contributed by atoms with Gasteiger partial charge in [-0.15, -0.1) is 0 Å². The highest BCUT2D eigenvalue weighted by molar-refractivity contribution is 6.30. The van der Waals surface area contributed by atoms with E-state index < -0.39 is 17.4 Å². The molecule has 2 heterocycles. The number of rotatable bonds is 10. The lowest BCUT2D eigenvalue weighted by Gasteiger charge is -2.17. The monoisotopic (exact) mass is 585 g/mol. The number of methoxy groups -OCH3 is 1. The Bertz CT molecular complexity index is 1560. The number of likely N-dealkylation sites (tertiary alicyclic amines) is 1. The molecule has 5 nitrogen and oxygen atoms in total. The van der Waals surface area contributed by atoms with Crippen LogP contribution in [0.2, 0.25) is 5.02 Å². The Kier molecular flexibility index (Phi) is 9.02. The molecule has 1 aliphatic heterocycles. The first kappa shape index (κ1) is 29.2. The third kappa shape index (κ3) is 6.94. The van der Waals surface area contributed by atoms with Crippen LogP contribution in [0.15, 0.2) is 69.9 Å². The van der Waals surface area contributed by atoms with Crippen LogP contribution in [0.3, 0.4) is 0 Å². The quantitative estimate of drug-likeness (QED) is 0.182. The van der Waals surface area contributed by atoms with Crippen molar-refractivity contribution in [1.82, 2.24) is 4.90 Å². The van der Waals surface area contributed by atoms with Crippen molar-refractivity contribution in [2.45, 2.75) is 31.9 Å². The predicted molar refractivity (Wildman–Crippen MR) is 154 cm³/mol. The highest BCUT2D eigenvalue weighted by Gasteiger charge is 2.35. The van der Waals surface area contributed by atoms with Crippen LogP contribution in [0.4, 0.5) is 13.2 Å². The summed E-state index contributed by atoms with van der Waals surface area (Å²) < 4.78 is 59.0. The minimum atomic E-state index is -4.73. The van der Waals surface area contributed by atoms with Crippen molar-refractivity contribution in [1.29, 1.82) is 0 Å². The minimum absolute atomic E-state index is 0.0732. The van der Waals surface area contributed by atoms with E-state index in [1.54, 1.807) is 19.2 Å². The van der Waals surface area contributed by atoms with Crippen LogP contribution < -0.4 is 10.4 Å². The van der Waals surface area contributed by atoms with Gasteiger partial charge in [0, 0.05) is 29.6 Å². The van der Waals surface area contributed by atoms with Gasteiger partial charge in [0.25, 0.3) is 0 Å².